The van der Waals surface area contributed by atoms with Gasteiger partial charge in [0, 0.05) is 35.9 Å². The number of anilines is 1. The quantitative estimate of drug-likeness (QED) is 0.635. The number of carbonyl (C=O) groups is 2. The van der Waals surface area contributed by atoms with Crippen LogP contribution in [0.15, 0.2) is 59.6 Å². The van der Waals surface area contributed by atoms with Crippen LogP contribution in [0, 0.1) is 5.82 Å². The lowest BCUT2D eigenvalue weighted by atomic mass is 10.2. The summed E-state index contributed by atoms with van der Waals surface area (Å²) < 4.78 is 41.0. The first-order valence-electron chi connectivity index (χ1n) is 9.97. The van der Waals surface area contributed by atoms with Crippen molar-refractivity contribution >= 4 is 38.2 Å². The number of benzene rings is 2. The van der Waals surface area contributed by atoms with Gasteiger partial charge in [-0.25, -0.2) is 12.8 Å². The molecule has 1 aliphatic rings. The van der Waals surface area contributed by atoms with Crippen LogP contribution in [0.5, 0.6) is 0 Å². The summed E-state index contributed by atoms with van der Waals surface area (Å²) in [5.74, 6) is -2.16. The molecule has 0 saturated carbocycles. The summed E-state index contributed by atoms with van der Waals surface area (Å²) in [6.07, 6.45) is 3.36. The molecule has 1 fully saturated rings. The molecule has 0 unspecified atom stereocenters. The number of para-hydroxylation sites is 1. The third kappa shape index (κ3) is 4.61. The van der Waals surface area contributed by atoms with E-state index in [1.807, 2.05) is 0 Å². The number of hydrogen-bond acceptors (Lipinski definition) is 4. The number of carbonyl (C=O) groups excluding carboxylic acids is 2. The van der Waals surface area contributed by atoms with Crippen LogP contribution >= 0.6 is 0 Å². The molecule has 1 saturated heterocycles. The monoisotopic (exact) mass is 443 g/mol. The number of aromatic nitrogens is 1. The lowest BCUT2D eigenvalue weighted by Gasteiger charge is -2.15. The van der Waals surface area contributed by atoms with Crippen molar-refractivity contribution in [3.63, 3.8) is 0 Å². The molecular formula is C22H22FN3O4S. The first-order valence-corrected chi connectivity index (χ1v) is 11.6. The summed E-state index contributed by atoms with van der Waals surface area (Å²) in [7, 11) is -4.00. The molecule has 1 aliphatic heterocycles. The Balaban J connectivity index is 1.58. The highest BCUT2D eigenvalue weighted by molar-refractivity contribution is 7.92. The fourth-order valence-corrected chi connectivity index (χ4v) is 5.19. The van der Waals surface area contributed by atoms with Crippen molar-refractivity contribution < 1.29 is 22.4 Å². The predicted octanol–water partition coefficient (Wildman–Crippen LogP) is 2.82. The van der Waals surface area contributed by atoms with E-state index >= 15 is 0 Å². The number of amides is 2. The molecule has 3 aromatic rings. The van der Waals surface area contributed by atoms with Gasteiger partial charge in [-0.1, -0.05) is 24.3 Å². The van der Waals surface area contributed by atoms with E-state index in [1.165, 1.54) is 24.4 Å². The maximum atomic E-state index is 13.3. The summed E-state index contributed by atoms with van der Waals surface area (Å²) in [6, 6.07) is 12.1. The third-order valence-corrected chi connectivity index (χ3v) is 6.92. The Morgan fingerprint density at radius 3 is 2.52 bits per heavy atom. The van der Waals surface area contributed by atoms with Gasteiger partial charge in [-0.15, -0.1) is 0 Å². The SMILES string of the molecule is O=C(CS(=O)(=O)c1cn(CC(=O)N2CCCC2)c2ccccc12)Nc1cccc(F)c1. The van der Waals surface area contributed by atoms with Crippen LogP contribution in [0.25, 0.3) is 10.9 Å². The van der Waals surface area contributed by atoms with Gasteiger partial charge in [0.1, 0.15) is 18.1 Å². The first kappa shape index (κ1) is 21.0. The molecule has 31 heavy (non-hydrogen) atoms. The van der Waals surface area contributed by atoms with Crippen LogP contribution in [0.4, 0.5) is 10.1 Å². The molecule has 1 N–H and O–H groups in total. The molecule has 4 rings (SSSR count). The molecular weight excluding hydrogens is 421 g/mol. The first-order chi connectivity index (χ1) is 14.8. The number of likely N-dealkylation sites (tertiary alicyclic amines) is 1. The Kier molecular flexibility index (Phi) is 5.77. The molecule has 0 atom stereocenters. The van der Waals surface area contributed by atoms with Crippen molar-refractivity contribution in [1.82, 2.24) is 9.47 Å². The zero-order valence-electron chi connectivity index (χ0n) is 16.8. The number of sulfone groups is 1. The minimum absolute atomic E-state index is 0.00767. The molecule has 0 bridgehead atoms. The summed E-state index contributed by atoms with van der Waals surface area (Å²) in [5.41, 5.74) is 0.790. The lowest BCUT2D eigenvalue weighted by Crippen LogP contribution is -2.30. The van der Waals surface area contributed by atoms with E-state index in [0.29, 0.717) is 24.0 Å². The molecule has 7 nitrogen and oxygen atoms in total. The molecule has 0 spiro atoms. The largest absolute Gasteiger partial charge is 0.341 e. The smallest absolute Gasteiger partial charge is 0.242 e. The standard InChI is InChI=1S/C22H22FN3O4S/c23-16-6-5-7-17(12-16)24-21(27)15-31(29,30)20-13-26(19-9-2-1-8-18(19)20)14-22(28)25-10-3-4-11-25/h1-2,5-9,12-13H,3-4,10-11,14-15H2,(H,24,27). The Labute approximate surface area is 179 Å². The lowest BCUT2D eigenvalue weighted by molar-refractivity contribution is -0.130. The van der Waals surface area contributed by atoms with E-state index in [4.69, 9.17) is 0 Å². The van der Waals surface area contributed by atoms with Gasteiger partial charge in [-0.3, -0.25) is 9.59 Å². The fraction of sp³-hybridized carbons (Fsp3) is 0.273. The average molecular weight is 444 g/mol. The van der Waals surface area contributed by atoms with Crippen LogP contribution in [-0.2, 0) is 26.0 Å². The van der Waals surface area contributed by atoms with Crippen LogP contribution in [0.2, 0.25) is 0 Å². The Hall–Kier alpha value is -3.20. The molecule has 0 aliphatic carbocycles. The molecule has 2 heterocycles. The van der Waals surface area contributed by atoms with Crippen LogP contribution in [0.1, 0.15) is 12.8 Å². The Morgan fingerprint density at radius 2 is 1.77 bits per heavy atom. The molecule has 162 valence electrons. The highest BCUT2D eigenvalue weighted by Gasteiger charge is 2.26. The van der Waals surface area contributed by atoms with E-state index in [0.717, 1.165) is 18.9 Å². The van der Waals surface area contributed by atoms with E-state index in [-0.39, 0.29) is 23.0 Å². The second kappa shape index (κ2) is 8.50. The number of rotatable bonds is 6. The second-order valence-electron chi connectivity index (χ2n) is 7.54. The minimum atomic E-state index is -4.00. The average Bonchev–Trinajstić information content (AvgIpc) is 3.36. The summed E-state index contributed by atoms with van der Waals surface area (Å²) in [4.78, 5) is 26.7. The van der Waals surface area contributed by atoms with Crippen molar-refractivity contribution in [2.45, 2.75) is 24.3 Å². The van der Waals surface area contributed by atoms with Gasteiger partial charge in [0.25, 0.3) is 0 Å². The van der Waals surface area contributed by atoms with E-state index in [9.17, 15) is 22.4 Å². The van der Waals surface area contributed by atoms with Crippen LogP contribution in [0.3, 0.4) is 0 Å². The zero-order valence-corrected chi connectivity index (χ0v) is 17.6. The van der Waals surface area contributed by atoms with Crippen molar-refractivity contribution in [1.29, 1.82) is 0 Å². The number of hydrogen-bond donors (Lipinski definition) is 1. The second-order valence-corrected chi connectivity index (χ2v) is 9.50. The maximum Gasteiger partial charge on any atom is 0.242 e. The van der Waals surface area contributed by atoms with Crippen molar-refractivity contribution in [3.05, 3.63) is 60.5 Å². The van der Waals surface area contributed by atoms with Gasteiger partial charge in [0.2, 0.25) is 11.8 Å². The van der Waals surface area contributed by atoms with Gasteiger partial charge >= 0.3 is 0 Å². The highest BCUT2D eigenvalue weighted by atomic mass is 32.2. The Bertz CT molecular complexity index is 1250. The van der Waals surface area contributed by atoms with Crippen molar-refractivity contribution in [2.75, 3.05) is 24.2 Å². The summed E-state index contributed by atoms with van der Waals surface area (Å²) in [5, 5.41) is 2.86. The number of fused-ring (bicyclic) bond motifs is 1. The van der Waals surface area contributed by atoms with Crippen LogP contribution < -0.4 is 5.32 Å². The van der Waals surface area contributed by atoms with Crippen LogP contribution in [-0.4, -0.2) is 48.5 Å². The van der Waals surface area contributed by atoms with Gasteiger partial charge < -0.3 is 14.8 Å². The zero-order chi connectivity index (χ0) is 22.0. The van der Waals surface area contributed by atoms with E-state index in [1.54, 1.807) is 33.7 Å². The number of halogens is 1. The number of nitrogens with zero attached hydrogens (tertiary/aromatic N) is 2. The van der Waals surface area contributed by atoms with Crippen molar-refractivity contribution in [3.8, 4) is 0 Å². The van der Waals surface area contributed by atoms with Gasteiger partial charge in [-0.05, 0) is 37.1 Å². The topological polar surface area (TPSA) is 88.5 Å². The van der Waals surface area contributed by atoms with Gasteiger partial charge in [0.05, 0.1) is 4.90 Å². The molecule has 1 aromatic heterocycles. The van der Waals surface area contributed by atoms with Gasteiger partial charge in [0.15, 0.2) is 9.84 Å². The number of nitrogens with one attached hydrogen (secondary N) is 1. The Morgan fingerprint density at radius 1 is 1.03 bits per heavy atom. The maximum absolute atomic E-state index is 13.3. The van der Waals surface area contributed by atoms with Crippen molar-refractivity contribution in [2.24, 2.45) is 0 Å². The fourth-order valence-electron chi connectivity index (χ4n) is 3.82. The van der Waals surface area contributed by atoms with E-state index in [2.05, 4.69) is 5.32 Å². The summed E-state index contributed by atoms with van der Waals surface area (Å²) in [6.45, 7) is 1.46. The van der Waals surface area contributed by atoms with E-state index < -0.39 is 27.3 Å². The third-order valence-electron chi connectivity index (χ3n) is 5.28. The predicted molar refractivity (Wildman–Crippen MR) is 115 cm³/mol. The normalized spacial score (nSPS) is 14.2. The summed E-state index contributed by atoms with van der Waals surface area (Å²) >= 11 is 0. The minimum Gasteiger partial charge on any atom is -0.341 e. The highest BCUT2D eigenvalue weighted by Crippen LogP contribution is 2.27. The molecule has 2 amide bonds. The molecule has 0 radical (unpaired) electrons. The van der Waals surface area contributed by atoms with Gasteiger partial charge in [-0.2, -0.15) is 0 Å². The molecule has 9 heteroatoms. The molecule has 2 aromatic carbocycles.